The van der Waals surface area contributed by atoms with Crippen molar-refractivity contribution in [3.63, 3.8) is 0 Å². The molecule has 0 spiro atoms. The zero-order valence-corrected chi connectivity index (χ0v) is 11.1. The highest BCUT2D eigenvalue weighted by Gasteiger charge is 2.26. The van der Waals surface area contributed by atoms with Crippen LogP contribution in [0.4, 0.5) is 4.79 Å². The van der Waals surface area contributed by atoms with Crippen LogP contribution in [-0.2, 0) is 4.74 Å². The van der Waals surface area contributed by atoms with E-state index in [9.17, 15) is 4.79 Å². The fraction of sp³-hybridized carbons (Fsp3) is 0.818. The van der Waals surface area contributed by atoms with E-state index in [1.807, 2.05) is 25.7 Å². The Hall–Kier alpha value is -1.46. The Morgan fingerprint density at radius 1 is 1.18 bits per heavy atom. The van der Waals surface area contributed by atoms with Crippen molar-refractivity contribution in [1.29, 1.82) is 0 Å². The van der Waals surface area contributed by atoms with Gasteiger partial charge in [0.05, 0.1) is 0 Å². The Kier molecular flexibility index (Phi) is 4.20. The predicted molar refractivity (Wildman–Crippen MR) is 66.9 cm³/mol. The van der Waals surface area contributed by atoms with Crippen molar-refractivity contribution >= 4 is 12.1 Å². The maximum absolute atomic E-state index is 11.8. The van der Waals surface area contributed by atoms with Crippen molar-refractivity contribution in [2.24, 2.45) is 10.7 Å². The zero-order valence-electron chi connectivity index (χ0n) is 11.1. The number of rotatable bonds is 0. The molecule has 1 saturated heterocycles. The normalized spacial score (nSPS) is 18.2. The molecule has 0 aliphatic carbocycles. The smallest absolute Gasteiger partial charge is 0.410 e. The first-order valence-electron chi connectivity index (χ1n) is 5.78. The van der Waals surface area contributed by atoms with E-state index in [-0.39, 0.29) is 6.09 Å². The minimum absolute atomic E-state index is 0.260. The molecule has 1 aliphatic heterocycles. The minimum Gasteiger partial charge on any atom is -0.444 e. The lowest BCUT2D eigenvalue weighted by Crippen LogP contribution is -2.53. The summed E-state index contributed by atoms with van der Waals surface area (Å²) in [6.45, 7) is 8.22. The Morgan fingerprint density at radius 2 is 1.65 bits per heavy atom. The maximum atomic E-state index is 11.8. The highest BCUT2D eigenvalue weighted by molar-refractivity contribution is 5.78. The second kappa shape index (κ2) is 5.25. The van der Waals surface area contributed by atoms with Crippen molar-refractivity contribution in [3.05, 3.63) is 0 Å². The summed E-state index contributed by atoms with van der Waals surface area (Å²) >= 11 is 0. The van der Waals surface area contributed by atoms with Gasteiger partial charge in [-0.25, -0.2) is 4.79 Å². The van der Waals surface area contributed by atoms with Crippen molar-refractivity contribution in [2.75, 3.05) is 33.2 Å². The van der Waals surface area contributed by atoms with E-state index in [4.69, 9.17) is 10.5 Å². The lowest BCUT2D eigenvalue weighted by atomic mass is 10.2. The number of nitrogens with zero attached hydrogens (tertiary/aromatic N) is 3. The summed E-state index contributed by atoms with van der Waals surface area (Å²) in [5.41, 5.74) is 5.27. The molecule has 1 fully saturated rings. The molecule has 1 heterocycles. The first kappa shape index (κ1) is 13.6. The van der Waals surface area contributed by atoms with Gasteiger partial charge in [-0.05, 0) is 20.8 Å². The second-order valence-electron chi connectivity index (χ2n) is 5.04. The van der Waals surface area contributed by atoms with Gasteiger partial charge < -0.3 is 20.3 Å². The van der Waals surface area contributed by atoms with E-state index < -0.39 is 5.60 Å². The molecule has 1 rings (SSSR count). The van der Waals surface area contributed by atoms with E-state index >= 15 is 0 Å². The first-order valence-corrected chi connectivity index (χ1v) is 5.78. The fourth-order valence-electron chi connectivity index (χ4n) is 1.59. The van der Waals surface area contributed by atoms with Crippen LogP contribution in [0.15, 0.2) is 4.99 Å². The molecule has 0 aromatic heterocycles. The van der Waals surface area contributed by atoms with Gasteiger partial charge in [-0.1, -0.05) is 0 Å². The first-order chi connectivity index (χ1) is 7.83. The van der Waals surface area contributed by atoms with Gasteiger partial charge in [-0.2, -0.15) is 0 Å². The molecule has 98 valence electrons. The van der Waals surface area contributed by atoms with Crippen LogP contribution in [0, 0.1) is 0 Å². The van der Waals surface area contributed by atoms with Crippen molar-refractivity contribution in [1.82, 2.24) is 9.80 Å². The zero-order chi connectivity index (χ0) is 13.1. The molecule has 0 bridgehead atoms. The minimum atomic E-state index is -0.446. The molecule has 6 nitrogen and oxygen atoms in total. The maximum Gasteiger partial charge on any atom is 0.410 e. The third-order valence-electron chi connectivity index (χ3n) is 2.48. The van der Waals surface area contributed by atoms with E-state index in [0.717, 1.165) is 0 Å². The average Bonchev–Trinajstić information content (AvgIpc) is 2.26. The number of piperazine rings is 1. The van der Waals surface area contributed by atoms with Crippen LogP contribution in [0.5, 0.6) is 0 Å². The van der Waals surface area contributed by atoms with Gasteiger partial charge in [0.15, 0.2) is 5.96 Å². The molecule has 0 radical (unpaired) electrons. The van der Waals surface area contributed by atoms with Crippen LogP contribution in [0.2, 0.25) is 0 Å². The molecule has 0 aromatic rings. The Balaban J connectivity index is 2.44. The van der Waals surface area contributed by atoms with Gasteiger partial charge in [0.1, 0.15) is 5.60 Å². The van der Waals surface area contributed by atoms with E-state index in [0.29, 0.717) is 32.1 Å². The Bertz CT molecular complexity index is 301. The number of ether oxygens (including phenoxy) is 1. The summed E-state index contributed by atoms with van der Waals surface area (Å²) in [5, 5.41) is 0. The largest absolute Gasteiger partial charge is 0.444 e. The number of nitrogens with two attached hydrogens (primary N) is 1. The van der Waals surface area contributed by atoms with Crippen LogP contribution in [-0.4, -0.2) is 60.7 Å². The molecular weight excluding hydrogens is 220 g/mol. The number of amides is 1. The molecule has 0 aromatic carbocycles. The Labute approximate surface area is 102 Å². The molecule has 6 heteroatoms. The summed E-state index contributed by atoms with van der Waals surface area (Å²) in [6, 6.07) is 0. The summed E-state index contributed by atoms with van der Waals surface area (Å²) in [5.74, 6) is 0.522. The molecule has 2 N–H and O–H groups in total. The van der Waals surface area contributed by atoms with E-state index in [1.54, 1.807) is 11.9 Å². The number of hydrogen-bond acceptors (Lipinski definition) is 3. The van der Waals surface area contributed by atoms with Gasteiger partial charge in [-0.15, -0.1) is 0 Å². The standard InChI is InChI=1S/C11H22N4O2/c1-11(2,3)17-10(16)15-7-5-14(6-8-15)9(12)13-4/h5-8H2,1-4H3,(H2,12,13). The summed E-state index contributed by atoms with van der Waals surface area (Å²) in [7, 11) is 1.66. The SMILES string of the molecule is CN=C(N)N1CCN(C(=O)OC(C)(C)C)CC1. The summed E-state index contributed by atoms with van der Waals surface area (Å²) in [4.78, 5) is 19.4. The predicted octanol–water partition coefficient (Wildman–Crippen LogP) is 0.484. The fourth-order valence-corrected chi connectivity index (χ4v) is 1.59. The molecule has 1 amide bonds. The van der Waals surface area contributed by atoms with Crippen molar-refractivity contribution in [2.45, 2.75) is 26.4 Å². The van der Waals surface area contributed by atoms with Crippen LogP contribution < -0.4 is 5.73 Å². The summed E-state index contributed by atoms with van der Waals surface area (Å²) in [6.07, 6.45) is -0.260. The van der Waals surface area contributed by atoms with Gasteiger partial charge in [0, 0.05) is 33.2 Å². The lowest BCUT2D eigenvalue weighted by molar-refractivity contribution is 0.0186. The number of hydrogen-bond donors (Lipinski definition) is 1. The molecule has 0 saturated carbocycles. The number of aliphatic imine (C=N–C) groups is 1. The molecule has 0 atom stereocenters. The quantitative estimate of drug-likeness (QED) is 0.495. The topological polar surface area (TPSA) is 71.2 Å². The van der Waals surface area contributed by atoms with E-state index in [2.05, 4.69) is 4.99 Å². The third kappa shape index (κ3) is 4.13. The van der Waals surface area contributed by atoms with Crippen LogP contribution in [0.25, 0.3) is 0 Å². The van der Waals surface area contributed by atoms with Crippen molar-refractivity contribution < 1.29 is 9.53 Å². The lowest BCUT2D eigenvalue weighted by Gasteiger charge is -2.35. The number of carbonyl (C=O) groups is 1. The van der Waals surface area contributed by atoms with Gasteiger partial charge in [-0.3, -0.25) is 4.99 Å². The van der Waals surface area contributed by atoms with Gasteiger partial charge in [0.2, 0.25) is 0 Å². The molecular formula is C11H22N4O2. The molecule has 1 aliphatic rings. The van der Waals surface area contributed by atoms with Crippen LogP contribution >= 0.6 is 0 Å². The number of carbonyl (C=O) groups excluding carboxylic acids is 1. The monoisotopic (exact) mass is 242 g/mol. The van der Waals surface area contributed by atoms with Crippen LogP contribution in [0.1, 0.15) is 20.8 Å². The van der Waals surface area contributed by atoms with E-state index in [1.165, 1.54) is 0 Å². The second-order valence-corrected chi connectivity index (χ2v) is 5.04. The van der Waals surface area contributed by atoms with Gasteiger partial charge in [0.25, 0.3) is 0 Å². The van der Waals surface area contributed by atoms with Crippen LogP contribution in [0.3, 0.4) is 0 Å². The summed E-state index contributed by atoms with van der Waals surface area (Å²) < 4.78 is 5.31. The Morgan fingerprint density at radius 3 is 2.06 bits per heavy atom. The third-order valence-corrected chi connectivity index (χ3v) is 2.48. The molecule has 0 unspecified atom stereocenters. The highest BCUT2D eigenvalue weighted by atomic mass is 16.6. The van der Waals surface area contributed by atoms with Gasteiger partial charge >= 0.3 is 6.09 Å². The number of guanidine groups is 1. The average molecular weight is 242 g/mol. The highest BCUT2D eigenvalue weighted by Crippen LogP contribution is 2.11. The molecule has 17 heavy (non-hydrogen) atoms. The van der Waals surface area contributed by atoms with Crippen molar-refractivity contribution in [3.8, 4) is 0 Å².